The van der Waals surface area contributed by atoms with E-state index in [0.717, 1.165) is 0 Å². The Morgan fingerprint density at radius 2 is 1.00 bits per heavy atom. The van der Waals surface area contributed by atoms with Gasteiger partial charge in [0.1, 0.15) is 0 Å². The van der Waals surface area contributed by atoms with E-state index in [9.17, 15) is 0 Å². The number of fused-ring (bicyclic) bond motifs is 10. The summed E-state index contributed by atoms with van der Waals surface area (Å²) in [5, 5.41) is 7.78. The standard InChI is InChI=1S/C36H22N2S/c1-2-10-23(11-3-1)38-33-21-18-24(37-31-15-7-4-12-25(31)26-13-5-8-16-32(26)37)22-30(33)28-19-20-29-27-14-6-9-17-34(27)39-36(29)35(28)38/h1-22H. The maximum absolute atomic E-state index is 2.46. The molecule has 2 nitrogen and oxygen atoms in total. The van der Waals surface area contributed by atoms with Gasteiger partial charge in [-0.2, -0.15) is 0 Å². The molecule has 0 N–H and O–H groups in total. The summed E-state index contributed by atoms with van der Waals surface area (Å²) in [4.78, 5) is 0. The first-order valence-electron chi connectivity index (χ1n) is 13.3. The van der Waals surface area contributed by atoms with Crippen molar-refractivity contribution in [3.63, 3.8) is 0 Å². The number of benzene rings is 6. The molecule has 0 fully saturated rings. The monoisotopic (exact) mass is 514 g/mol. The van der Waals surface area contributed by atoms with E-state index in [1.165, 1.54) is 75.2 Å². The number of aromatic nitrogens is 2. The van der Waals surface area contributed by atoms with Gasteiger partial charge < -0.3 is 9.13 Å². The molecule has 0 aliphatic heterocycles. The van der Waals surface area contributed by atoms with Crippen molar-refractivity contribution in [3.8, 4) is 11.4 Å². The van der Waals surface area contributed by atoms with Gasteiger partial charge in [-0.3, -0.25) is 0 Å². The fourth-order valence-electron chi connectivity index (χ4n) is 6.45. The Bertz CT molecular complexity index is 2330. The third-order valence-electron chi connectivity index (χ3n) is 8.11. The van der Waals surface area contributed by atoms with E-state index in [1.807, 2.05) is 11.3 Å². The van der Waals surface area contributed by atoms with Gasteiger partial charge in [-0.05, 0) is 48.5 Å². The molecule has 0 atom stereocenters. The van der Waals surface area contributed by atoms with Crippen molar-refractivity contribution >= 4 is 75.1 Å². The zero-order valence-corrected chi connectivity index (χ0v) is 21.8. The van der Waals surface area contributed by atoms with Crippen molar-refractivity contribution < 1.29 is 0 Å². The van der Waals surface area contributed by atoms with Gasteiger partial charge in [0, 0.05) is 48.4 Å². The fourth-order valence-corrected chi connectivity index (χ4v) is 7.69. The SMILES string of the molecule is c1ccc(-n2c3ccc(-n4c5ccccc5c5ccccc54)cc3c3ccc4c5ccccc5sc4c32)cc1. The molecule has 0 saturated carbocycles. The second kappa shape index (κ2) is 7.83. The van der Waals surface area contributed by atoms with Crippen LogP contribution in [-0.4, -0.2) is 9.13 Å². The maximum atomic E-state index is 2.46. The molecule has 9 aromatic rings. The minimum Gasteiger partial charge on any atom is -0.309 e. The quantitative estimate of drug-likeness (QED) is 0.217. The van der Waals surface area contributed by atoms with E-state index in [2.05, 4.69) is 143 Å². The zero-order valence-electron chi connectivity index (χ0n) is 21.0. The van der Waals surface area contributed by atoms with E-state index in [4.69, 9.17) is 0 Å². The molecule has 0 unspecified atom stereocenters. The number of hydrogen-bond acceptors (Lipinski definition) is 1. The first-order valence-corrected chi connectivity index (χ1v) is 14.1. The Balaban J connectivity index is 1.44. The average molecular weight is 515 g/mol. The highest BCUT2D eigenvalue weighted by Crippen LogP contribution is 2.43. The van der Waals surface area contributed by atoms with Crippen LogP contribution in [0.15, 0.2) is 133 Å². The van der Waals surface area contributed by atoms with Crippen LogP contribution < -0.4 is 0 Å². The van der Waals surface area contributed by atoms with Crippen molar-refractivity contribution in [3.05, 3.63) is 133 Å². The summed E-state index contributed by atoms with van der Waals surface area (Å²) < 4.78 is 7.54. The highest BCUT2D eigenvalue weighted by atomic mass is 32.1. The third-order valence-corrected chi connectivity index (χ3v) is 9.30. The first kappa shape index (κ1) is 21.1. The molecule has 3 heterocycles. The summed E-state index contributed by atoms with van der Waals surface area (Å²) in [5.41, 5.74) is 7.35. The smallest absolute Gasteiger partial charge is 0.0719 e. The van der Waals surface area contributed by atoms with E-state index in [1.54, 1.807) is 0 Å². The van der Waals surface area contributed by atoms with Crippen LogP contribution in [-0.2, 0) is 0 Å². The highest BCUT2D eigenvalue weighted by molar-refractivity contribution is 7.26. The maximum Gasteiger partial charge on any atom is 0.0719 e. The largest absolute Gasteiger partial charge is 0.309 e. The molecule has 6 aromatic carbocycles. The van der Waals surface area contributed by atoms with E-state index in [-0.39, 0.29) is 0 Å². The predicted octanol–water partition coefficient (Wildman–Crippen LogP) is 10.2. The minimum absolute atomic E-state index is 1.18. The Morgan fingerprint density at radius 1 is 0.385 bits per heavy atom. The lowest BCUT2D eigenvalue weighted by atomic mass is 10.1. The Morgan fingerprint density at radius 3 is 1.77 bits per heavy atom. The minimum atomic E-state index is 1.18. The van der Waals surface area contributed by atoms with Crippen LogP contribution in [0.5, 0.6) is 0 Å². The van der Waals surface area contributed by atoms with Gasteiger partial charge >= 0.3 is 0 Å². The van der Waals surface area contributed by atoms with Crippen molar-refractivity contribution in [1.29, 1.82) is 0 Å². The number of para-hydroxylation sites is 3. The molecule has 39 heavy (non-hydrogen) atoms. The van der Waals surface area contributed by atoms with Gasteiger partial charge in [0.2, 0.25) is 0 Å². The lowest BCUT2D eigenvalue weighted by Crippen LogP contribution is -1.95. The Kier molecular flexibility index (Phi) is 4.24. The normalized spacial score (nSPS) is 12.1. The average Bonchev–Trinajstić information content (AvgIpc) is 3.65. The predicted molar refractivity (Wildman–Crippen MR) is 168 cm³/mol. The van der Waals surface area contributed by atoms with Gasteiger partial charge in [0.15, 0.2) is 0 Å². The van der Waals surface area contributed by atoms with Crippen LogP contribution in [0.4, 0.5) is 0 Å². The van der Waals surface area contributed by atoms with Gasteiger partial charge in [-0.15, -0.1) is 11.3 Å². The van der Waals surface area contributed by atoms with Crippen LogP contribution in [0.1, 0.15) is 0 Å². The summed E-state index contributed by atoms with van der Waals surface area (Å²) in [5.74, 6) is 0. The summed E-state index contributed by atoms with van der Waals surface area (Å²) in [7, 11) is 0. The van der Waals surface area contributed by atoms with Crippen molar-refractivity contribution in [2.24, 2.45) is 0 Å². The lowest BCUT2D eigenvalue weighted by Gasteiger charge is -2.10. The molecule has 0 amide bonds. The molecule has 0 bridgehead atoms. The highest BCUT2D eigenvalue weighted by Gasteiger charge is 2.19. The first-order chi connectivity index (χ1) is 19.4. The lowest BCUT2D eigenvalue weighted by molar-refractivity contribution is 1.17. The summed E-state index contributed by atoms with van der Waals surface area (Å²) >= 11 is 1.89. The summed E-state index contributed by atoms with van der Waals surface area (Å²) in [6.07, 6.45) is 0. The molecule has 182 valence electrons. The van der Waals surface area contributed by atoms with Crippen LogP contribution in [0, 0.1) is 0 Å². The number of nitrogens with zero attached hydrogens (tertiary/aromatic N) is 2. The third kappa shape index (κ3) is 2.85. The number of thiophene rings is 1. The molecule has 0 radical (unpaired) electrons. The summed E-state index contributed by atoms with van der Waals surface area (Å²) in [6.45, 7) is 0. The summed E-state index contributed by atoms with van der Waals surface area (Å²) in [6, 6.07) is 48.6. The van der Waals surface area contributed by atoms with Crippen LogP contribution >= 0.6 is 11.3 Å². The van der Waals surface area contributed by atoms with Crippen LogP contribution in [0.2, 0.25) is 0 Å². The topological polar surface area (TPSA) is 9.86 Å². The molecule has 0 spiro atoms. The molecule has 0 aliphatic carbocycles. The van der Waals surface area contributed by atoms with Crippen molar-refractivity contribution in [1.82, 2.24) is 9.13 Å². The molecular formula is C36H22N2S. The zero-order chi connectivity index (χ0) is 25.5. The van der Waals surface area contributed by atoms with E-state index in [0.29, 0.717) is 0 Å². The Labute approximate surface area is 228 Å². The second-order valence-corrected chi connectivity index (χ2v) is 11.2. The van der Waals surface area contributed by atoms with E-state index >= 15 is 0 Å². The molecular weight excluding hydrogens is 492 g/mol. The van der Waals surface area contributed by atoms with Crippen LogP contribution in [0.25, 0.3) is 75.2 Å². The van der Waals surface area contributed by atoms with Crippen molar-refractivity contribution in [2.75, 3.05) is 0 Å². The van der Waals surface area contributed by atoms with E-state index < -0.39 is 0 Å². The Hall–Kier alpha value is -4.86. The van der Waals surface area contributed by atoms with Gasteiger partial charge in [-0.1, -0.05) is 84.9 Å². The van der Waals surface area contributed by atoms with Crippen molar-refractivity contribution in [2.45, 2.75) is 0 Å². The molecule has 0 aliphatic rings. The molecule has 0 saturated heterocycles. The van der Waals surface area contributed by atoms with Crippen LogP contribution in [0.3, 0.4) is 0 Å². The van der Waals surface area contributed by atoms with Gasteiger partial charge in [0.05, 0.1) is 26.8 Å². The fraction of sp³-hybridized carbons (Fsp3) is 0. The van der Waals surface area contributed by atoms with Gasteiger partial charge in [-0.25, -0.2) is 0 Å². The second-order valence-electron chi connectivity index (χ2n) is 10.2. The molecule has 3 aromatic heterocycles. The molecule has 3 heteroatoms. The molecule has 9 rings (SSSR count). The number of hydrogen-bond donors (Lipinski definition) is 0. The number of rotatable bonds is 2. The van der Waals surface area contributed by atoms with Gasteiger partial charge in [0.25, 0.3) is 0 Å².